The summed E-state index contributed by atoms with van der Waals surface area (Å²) in [6.45, 7) is 4.46. The Bertz CT molecular complexity index is 345. The molecule has 0 amide bonds. The van der Waals surface area contributed by atoms with Crippen LogP contribution in [0.3, 0.4) is 0 Å². The zero-order valence-electron chi connectivity index (χ0n) is 12.2. The Labute approximate surface area is 124 Å². The number of nitrogens with one attached hydrogen (secondary N) is 1. The first-order valence-electron chi connectivity index (χ1n) is 7.67. The van der Waals surface area contributed by atoms with Gasteiger partial charge in [-0.1, -0.05) is 63.3 Å². The van der Waals surface area contributed by atoms with Crippen molar-refractivity contribution in [2.45, 2.75) is 58.4 Å². The Morgan fingerprint density at radius 3 is 2.42 bits per heavy atom. The highest BCUT2D eigenvalue weighted by molar-refractivity contribution is 5.85. The summed E-state index contributed by atoms with van der Waals surface area (Å²) in [5.41, 5.74) is 2.96. The maximum Gasteiger partial charge on any atom is 0.0208 e. The monoisotopic (exact) mass is 281 g/mol. The van der Waals surface area contributed by atoms with E-state index in [9.17, 15) is 0 Å². The molecular formula is C17H28ClN. The molecule has 0 bridgehead atoms. The second kappa shape index (κ2) is 9.39. The molecule has 1 saturated carbocycles. The van der Waals surface area contributed by atoms with Gasteiger partial charge in [-0.2, -0.15) is 0 Å². The van der Waals surface area contributed by atoms with Crippen molar-refractivity contribution < 1.29 is 0 Å². The van der Waals surface area contributed by atoms with E-state index in [0.29, 0.717) is 0 Å². The molecule has 2 rings (SSSR count). The minimum atomic E-state index is 0. The van der Waals surface area contributed by atoms with E-state index in [-0.39, 0.29) is 12.4 Å². The summed E-state index contributed by atoms with van der Waals surface area (Å²) in [5, 5.41) is 3.62. The lowest BCUT2D eigenvalue weighted by Crippen LogP contribution is -2.19. The zero-order valence-corrected chi connectivity index (χ0v) is 13.0. The van der Waals surface area contributed by atoms with Crippen LogP contribution in [0.4, 0.5) is 0 Å². The molecule has 108 valence electrons. The third kappa shape index (κ3) is 5.54. The summed E-state index contributed by atoms with van der Waals surface area (Å²) in [7, 11) is 0. The fourth-order valence-electron chi connectivity index (χ4n) is 3.08. The summed E-state index contributed by atoms with van der Waals surface area (Å²) in [4.78, 5) is 0. The fourth-order valence-corrected chi connectivity index (χ4v) is 3.08. The lowest BCUT2D eigenvalue weighted by atomic mass is 9.87. The lowest BCUT2D eigenvalue weighted by Gasteiger charge is -2.21. The second-order valence-corrected chi connectivity index (χ2v) is 5.59. The van der Waals surface area contributed by atoms with Crippen LogP contribution in [0.5, 0.6) is 0 Å². The summed E-state index contributed by atoms with van der Waals surface area (Å²) < 4.78 is 0. The molecule has 0 aromatic heterocycles. The smallest absolute Gasteiger partial charge is 0.0208 e. The highest BCUT2D eigenvalue weighted by Crippen LogP contribution is 2.25. The molecule has 1 nitrogen and oxygen atoms in total. The van der Waals surface area contributed by atoms with Crippen LogP contribution in [0.25, 0.3) is 0 Å². The Morgan fingerprint density at radius 1 is 1.05 bits per heavy atom. The van der Waals surface area contributed by atoms with E-state index >= 15 is 0 Å². The van der Waals surface area contributed by atoms with E-state index in [1.165, 1.54) is 56.2 Å². The van der Waals surface area contributed by atoms with Gasteiger partial charge in [-0.3, -0.25) is 0 Å². The molecule has 1 aromatic carbocycles. The van der Waals surface area contributed by atoms with Gasteiger partial charge in [-0.05, 0) is 36.4 Å². The largest absolute Gasteiger partial charge is 0.313 e. The predicted octanol–water partition coefficient (Wildman–Crippen LogP) is 4.73. The zero-order chi connectivity index (χ0) is 12.6. The van der Waals surface area contributed by atoms with E-state index in [1.54, 1.807) is 0 Å². The van der Waals surface area contributed by atoms with Crippen molar-refractivity contribution >= 4 is 12.4 Å². The Balaban J connectivity index is 0.00000180. The molecule has 1 aromatic rings. The first-order valence-corrected chi connectivity index (χ1v) is 7.67. The average molecular weight is 282 g/mol. The van der Waals surface area contributed by atoms with Crippen LogP contribution >= 0.6 is 12.4 Å². The first-order chi connectivity index (χ1) is 8.90. The fraction of sp³-hybridized carbons (Fsp3) is 0.647. The van der Waals surface area contributed by atoms with Crippen molar-refractivity contribution in [3.05, 3.63) is 35.4 Å². The second-order valence-electron chi connectivity index (χ2n) is 5.59. The highest BCUT2D eigenvalue weighted by atomic mass is 35.5. The van der Waals surface area contributed by atoms with E-state index in [1.807, 2.05) is 0 Å². The van der Waals surface area contributed by atoms with Gasteiger partial charge in [-0.25, -0.2) is 0 Å². The third-order valence-electron chi connectivity index (χ3n) is 4.27. The Hall–Kier alpha value is -0.530. The Morgan fingerprint density at radius 2 is 1.74 bits per heavy atom. The molecule has 1 fully saturated rings. The molecule has 0 spiro atoms. The molecule has 0 saturated heterocycles. The number of benzene rings is 1. The minimum absolute atomic E-state index is 0. The van der Waals surface area contributed by atoms with Crippen LogP contribution in [-0.4, -0.2) is 6.54 Å². The van der Waals surface area contributed by atoms with E-state index < -0.39 is 0 Å². The van der Waals surface area contributed by atoms with Crippen LogP contribution in [-0.2, 0) is 13.0 Å². The van der Waals surface area contributed by atoms with Crippen molar-refractivity contribution in [1.29, 1.82) is 0 Å². The average Bonchev–Trinajstić information content (AvgIpc) is 2.45. The van der Waals surface area contributed by atoms with Crippen molar-refractivity contribution in [3.8, 4) is 0 Å². The van der Waals surface area contributed by atoms with Gasteiger partial charge in [0.1, 0.15) is 0 Å². The number of aryl methyl sites for hydroxylation is 1. The molecule has 0 unspecified atom stereocenters. The molecule has 1 aliphatic rings. The van der Waals surface area contributed by atoms with Gasteiger partial charge in [0.05, 0.1) is 0 Å². The van der Waals surface area contributed by atoms with Gasteiger partial charge in [0.15, 0.2) is 0 Å². The molecule has 0 heterocycles. The van der Waals surface area contributed by atoms with Crippen LogP contribution < -0.4 is 5.32 Å². The Kier molecular flexibility index (Phi) is 8.16. The topological polar surface area (TPSA) is 12.0 Å². The molecule has 1 N–H and O–H groups in total. The quantitative estimate of drug-likeness (QED) is 0.743. The van der Waals surface area contributed by atoms with E-state index in [0.717, 1.165) is 18.9 Å². The molecule has 0 radical (unpaired) electrons. The lowest BCUT2D eigenvalue weighted by molar-refractivity contribution is 0.334. The van der Waals surface area contributed by atoms with E-state index in [4.69, 9.17) is 0 Å². The van der Waals surface area contributed by atoms with Gasteiger partial charge < -0.3 is 5.32 Å². The molecule has 0 aliphatic heterocycles. The number of hydrogen-bond acceptors (Lipinski definition) is 1. The number of hydrogen-bond donors (Lipinski definition) is 1. The summed E-state index contributed by atoms with van der Waals surface area (Å²) in [6, 6.07) is 8.80. The minimum Gasteiger partial charge on any atom is -0.313 e. The standard InChI is InChI=1S/C17H27N.ClH/c1-2-16-10-6-7-11-17(16)14-18-13-12-15-8-4-3-5-9-15;/h6-7,10-11,15,18H,2-5,8-9,12-14H2,1H3;1H. The third-order valence-corrected chi connectivity index (χ3v) is 4.27. The SMILES string of the molecule is CCc1ccccc1CNCCC1CCCCC1.Cl. The summed E-state index contributed by atoms with van der Waals surface area (Å²) in [6.07, 6.45) is 9.83. The van der Waals surface area contributed by atoms with Crippen molar-refractivity contribution in [2.24, 2.45) is 5.92 Å². The van der Waals surface area contributed by atoms with Gasteiger partial charge in [0.2, 0.25) is 0 Å². The van der Waals surface area contributed by atoms with Gasteiger partial charge in [-0.15, -0.1) is 12.4 Å². The number of halogens is 1. The highest BCUT2D eigenvalue weighted by Gasteiger charge is 2.12. The first kappa shape index (κ1) is 16.5. The molecule has 0 atom stereocenters. The molecule has 19 heavy (non-hydrogen) atoms. The van der Waals surface area contributed by atoms with Crippen LogP contribution in [0, 0.1) is 5.92 Å². The summed E-state index contributed by atoms with van der Waals surface area (Å²) in [5.74, 6) is 0.993. The normalized spacial score (nSPS) is 16.1. The van der Waals surface area contributed by atoms with Crippen molar-refractivity contribution in [3.63, 3.8) is 0 Å². The van der Waals surface area contributed by atoms with Crippen LogP contribution in [0.2, 0.25) is 0 Å². The van der Waals surface area contributed by atoms with Gasteiger partial charge >= 0.3 is 0 Å². The van der Waals surface area contributed by atoms with Crippen molar-refractivity contribution in [1.82, 2.24) is 5.32 Å². The van der Waals surface area contributed by atoms with E-state index in [2.05, 4.69) is 36.5 Å². The molecular weight excluding hydrogens is 254 g/mol. The van der Waals surface area contributed by atoms with Crippen molar-refractivity contribution in [2.75, 3.05) is 6.54 Å². The van der Waals surface area contributed by atoms with Gasteiger partial charge in [0, 0.05) is 6.54 Å². The molecule has 2 heteroatoms. The maximum absolute atomic E-state index is 3.62. The van der Waals surface area contributed by atoms with Crippen LogP contribution in [0.1, 0.15) is 56.6 Å². The molecule has 1 aliphatic carbocycles. The number of rotatable bonds is 6. The predicted molar refractivity (Wildman–Crippen MR) is 86.0 cm³/mol. The maximum atomic E-state index is 3.62. The van der Waals surface area contributed by atoms with Crippen LogP contribution in [0.15, 0.2) is 24.3 Å². The van der Waals surface area contributed by atoms with Gasteiger partial charge in [0.25, 0.3) is 0 Å². The summed E-state index contributed by atoms with van der Waals surface area (Å²) >= 11 is 0.